The summed E-state index contributed by atoms with van der Waals surface area (Å²) in [4.78, 5) is 2.35. The number of piperidine rings is 1. The van der Waals surface area contributed by atoms with E-state index in [-0.39, 0.29) is 0 Å². The van der Waals surface area contributed by atoms with Crippen molar-refractivity contribution in [2.75, 3.05) is 26.2 Å². The Morgan fingerprint density at radius 1 is 1.45 bits per heavy atom. The molecule has 2 nitrogen and oxygen atoms in total. The molecule has 11 heavy (non-hydrogen) atoms. The minimum absolute atomic E-state index is 0.302. The van der Waals surface area contributed by atoms with Crippen molar-refractivity contribution in [2.24, 2.45) is 5.41 Å². The lowest BCUT2D eigenvalue weighted by Crippen LogP contribution is -2.41. The van der Waals surface area contributed by atoms with Crippen molar-refractivity contribution >= 4 is 0 Å². The van der Waals surface area contributed by atoms with Crippen molar-refractivity contribution in [1.82, 2.24) is 4.90 Å². The van der Waals surface area contributed by atoms with Crippen molar-refractivity contribution < 1.29 is 5.11 Å². The molecule has 0 aromatic rings. The van der Waals surface area contributed by atoms with Crippen LogP contribution >= 0.6 is 0 Å². The van der Waals surface area contributed by atoms with Gasteiger partial charge in [-0.25, -0.2) is 0 Å². The second kappa shape index (κ2) is 3.55. The summed E-state index contributed by atoms with van der Waals surface area (Å²) in [6, 6.07) is 0. The largest absolute Gasteiger partial charge is 0.395 e. The van der Waals surface area contributed by atoms with Gasteiger partial charge in [-0.05, 0) is 24.8 Å². The predicted octanol–water partition coefficient (Wildman–Crippen LogP) is 1.10. The monoisotopic (exact) mass is 157 g/mol. The Morgan fingerprint density at radius 2 is 2.18 bits per heavy atom. The molecule has 2 heteroatoms. The topological polar surface area (TPSA) is 23.5 Å². The lowest BCUT2D eigenvalue weighted by atomic mass is 9.84. The SMILES string of the molecule is CC1(C)CCCN(CCO)C1. The number of rotatable bonds is 2. The summed E-state index contributed by atoms with van der Waals surface area (Å²) in [5.74, 6) is 0. The predicted molar refractivity (Wildman–Crippen MR) is 46.5 cm³/mol. The molecule has 0 spiro atoms. The van der Waals surface area contributed by atoms with Crippen LogP contribution in [0, 0.1) is 5.41 Å². The number of aliphatic hydroxyl groups excluding tert-OH is 1. The molecule has 0 aromatic carbocycles. The molecule has 1 aliphatic rings. The number of hydrogen-bond acceptors (Lipinski definition) is 2. The minimum Gasteiger partial charge on any atom is -0.395 e. The van der Waals surface area contributed by atoms with Crippen molar-refractivity contribution in [2.45, 2.75) is 26.7 Å². The van der Waals surface area contributed by atoms with Crippen molar-refractivity contribution in [1.29, 1.82) is 0 Å². The van der Waals surface area contributed by atoms with Gasteiger partial charge in [0.05, 0.1) is 6.61 Å². The fraction of sp³-hybridized carbons (Fsp3) is 1.00. The summed E-state index contributed by atoms with van der Waals surface area (Å²) in [6.45, 7) is 8.07. The molecule has 0 atom stereocenters. The van der Waals surface area contributed by atoms with Crippen LogP contribution in [0.5, 0.6) is 0 Å². The molecular formula is C9H19NO. The van der Waals surface area contributed by atoms with Crippen molar-refractivity contribution in [3.63, 3.8) is 0 Å². The van der Waals surface area contributed by atoms with Gasteiger partial charge in [0.2, 0.25) is 0 Å². The highest BCUT2D eigenvalue weighted by Crippen LogP contribution is 2.27. The van der Waals surface area contributed by atoms with Gasteiger partial charge in [-0.3, -0.25) is 0 Å². The maximum Gasteiger partial charge on any atom is 0.0558 e. The highest BCUT2D eigenvalue weighted by molar-refractivity contribution is 4.79. The summed E-state index contributed by atoms with van der Waals surface area (Å²) in [5.41, 5.74) is 0.466. The van der Waals surface area contributed by atoms with E-state index in [4.69, 9.17) is 5.11 Å². The Morgan fingerprint density at radius 3 is 2.73 bits per heavy atom. The van der Waals surface area contributed by atoms with E-state index in [0.29, 0.717) is 12.0 Å². The number of β-amino-alcohol motifs (C(OH)–C–C–N with tert-alkyl or cyclic N) is 1. The minimum atomic E-state index is 0.302. The molecule has 0 unspecified atom stereocenters. The normalized spacial score (nSPS) is 25.4. The van der Waals surface area contributed by atoms with E-state index in [2.05, 4.69) is 18.7 Å². The average molecular weight is 157 g/mol. The molecule has 1 aliphatic heterocycles. The van der Waals surface area contributed by atoms with Gasteiger partial charge < -0.3 is 10.0 Å². The highest BCUT2D eigenvalue weighted by atomic mass is 16.3. The van der Waals surface area contributed by atoms with Gasteiger partial charge in [-0.2, -0.15) is 0 Å². The molecule has 0 bridgehead atoms. The first-order valence-electron chi connectivity index (χ1n) is 4.47. The zero-order valence-electron chi connectivity index (χ0n) is 7.64. The van der Waals surface area contributed by atoms with Crippen LogP contribution in [0.1, 0.15) is 26.7 Å². The lowest BCUT2D eigenvalue weighted by molar-refractivity contribution is 0.0977. The Kier molecular flexibility index (Phi) is 2.90. The molecule has 0 saturated carbocycles. The molecule has 1 fully saturated rings. The summed E-state index contributed by atoms with van der Waals surface area (Å²) >= 11 is 0. The van der Waals surface area contributed by atoms with Crippen molar-refractivity contribution in [3.05, 3.63) is 0 Å². The Balaban J connectivity index is 2.34. The number of nitrogens with zero attached hydrogens (tertiary/aromatic N) is 1. The molecule has 0 aromatic heterocycles. The number of likely N-dealkylation sites (tertiary alicyclic amines) is 1. The fourth-order valence-electron chi connectivity index (χ4n) is 1.88. The summed E-state index contributed by atoms with van der Waals surface area (Å²) in [7, 11) is 0. The molecular weight excluding hydrogens is 138 g/mol. The van der Waals surface area contributed by atoms with Crippen molar-refractivity contribution in [3.8, 4) is 0 Å². The molecule has 0 aliphatic carbocycles. The fourth-order valence-corrected chi connectivity index (χ4v) is 1.88. The van der Waals surface area contributed by atoms with Gasteiger partial charge in [0, 0.05) is 13.1 Å². The third-order valence-corrected chi connectivity index (χ3v) is 2.40. The Hall–Kier alpha value is -0.0800. The Bertz CT molecular complexity index is 121. The third kappa shape index (κ3) is 2.80. The third-order valence-electron chi connectivity index (χ3n) is 2.40. The van der Waals surface area contributed by atoms with E-state index in [0.717, 1.165) is 13.1 Å². The first-order valence-corrected chi connectivity index (χ1v) is 4.47. The second-order valence-corrected chi connectivity index (χ2v) is 4.27. The van der Waals surface area contributed by atoms with Gasteiger partial charge in [-0.15, -0.1) is 0 Å². The van der Waals surface area contributed by atoms with E-state index < -0.39 is 0 Å². The van der Waals surface area contributed by atoms with E-state index in [1.165, 1.54) is 19.4 Å². The van der Waals surface area contributed by atoms with Crippen LogP contribution in [0.2, 0.25) is 0 Å². The first-order chi connectivity index (χ1) is 5.14. The standard InChI is InChI=1S/C9H19NO/c1-9(2)4-3-5-10(8-9)6-7-11/h11H,3-8H2,1-2H3. The van der Waals surface area contributed by atoms with Crippen LogP contribution in [0.25, 0.3) is 0 Å². The zero-order chi connectivity index (χ0) is 8.32. The molecule has 1 rings (SSSR count). The molecule has 1 N–H and O–H groups in total. The first kappa shape index (κ1) is 9.01. The van der Waals surface area contributed by atoms with E-state index in [1.807, 2.05) is 0 Å². The number of hydrogen-bond donors (Lipinski definition) is 1. The van der Waals surface area contributed by atoms with Gasteiger partial charge >= 0.3 is 0 Å². The maximum atomic E-state index is 8.75. The van der Waals surface area contributed by atoms with Gasteiger partial charge in [-0.1, -0.05) is 13.8 Å². The van der Waals surface area contributed by atoms with E-state index in [9.17, 15) is 0 Å². The zero-order valence-corrected chi connectivity index (χ0v) is 7.64. The second-order valence-electron chi connectivity index (χ2n) is 4.27. The van der Waals surface area contributed by atoms with Crippen LogP contribution in [-0.4, -0.2) is 36.2 Å². The molecule has 0 radical (unpaired) electrons. The average Bonchev–Trinajstić information content (AvgIpc) is 1.85. The highest BCUT2D eigenvalue weighted by Gasteiger charge is 2.25. The van der Waals surface area contributed by atoms with Crippen LogP contribution in [-0.2, 0) is 0 Å². The summed E-state index contributed by atoms with van der Waals surface area (Å²) in [5, 5.41) is 8.75. The van der Waals surface area contributed by atoms with Gasteiger partial charge in [0.1, 0.15) is 0 Å². The molecule has 1 saturated heterocycles. The van der Waals surface area contributed by atoms with Gasteiger partial charge in [0.15, 0.2) is 0 Å². The summed E-state index contributed by atoms with van der Waals surface area (Å²) < 4.78 is 0. The van der Waals surface area contributed by atoms with Crippen LogP contribution < -0.4 is 0 Å². The van der Waals surface area contributed by atoms with Crippen LogP contribution in [0.15, 0.2) is 0 Å². The quantitative estimate of drug-likeness (QED) is 0.649. The maximum absolute atomic E-state index is 8.75. The molecule has 66 valence electrons. The van der Waals surface area contributed by atoms with Crippen LogP contribution in [0.4, 0.5) is 0 Å². The molecule has 1 heterocycles. The van der Waals surface area contributed by atoms with Gasteiger partial charge in [0.25, 0.3) is 0 Å². The van der Waals surface area contributed by atoms with E-state index in [1.54, 1.807) is 0 Å². The number of aliphatic hydroxyl groups is 1. The smallest absolute Gasteiger partial charge is 0.0558 e. The lowest BCUT2D eigenvalue weighted by Gasteiger charge is -2.37. The summed E-state index contributed by atoms with van der Waals surface area (Å²) in [6.07, 6.45) is 2.61. The van der Waals surface area contributed by atoms with E-state index >= 15 is 0 Å². The Labute approximate surface area is 69.2 Å². The molecule has 0 amide bonds. The van der Waals surface area contributed by atoms with Crippen LogP contribution in [0.3, 0.4) is 0 Å².